The minimum Gasteiger partial charge on any atom is -0.302 e. The van der Waals surface area contributed by atoms with Gasteiger partial charge in [-0.05, 0) is 62.7 Å². The average molecular weight is 351 g/mol. The van der Waals surface area contributed by atoms with Crippen LogP contribution in [0.4, 0.5) is 0 Å². The molecule has 3 rings (SSSR count). The molecule has 0 atom stereocenters. The molecular formula is C24H34N2. The van der Waals surface area contributed by atoms with Gasteiger partial charge in [0, 0.05) is 26.2 Å². The minimum atomic E-state index is 0.874. The van der Waals surface area contributed by atoms with Crippen molar-refractivity contribution in [1.82, 2.24) is 9.80 Å². The first-order chi connectivity index (χ1) is 12.7. The third kappa shape index (κ3) is 6.26. The summed E-state index contributed by atoms with van der Waals surface area (Å²) in [5, 5.41) is 0. The molecule has 0 bridgehead atoms. The van der Waals surface area contributed by atoms with Gasteiger partial charge in [0.15, 0.2) is 0 Å². The predicted octanol–water partition coefficient (Wildman–Crippen LogP) is 5.06. The predicted molar refractivity (Wildman–Crippen MR) is 111 cm³/mol. The third-order valence-corrected chi connectivity index (χ3v) is 5.70. The molecule has 0 unspecified atom stereocenters. The summed E-state index contributed by atoms with van der Waals surface area (Å²) in [6.07, 6.45) is 5.57. The molecule has 2 nitrogen and oxygen atoms in total. The molecule has 0 saturated heterocycles. The Bertz CT molecular complexity index is 560. The van der Waals surface area contributed by atoms with Gasteiger partial charge in [0.05, 0.1) is 0 Å². The van der Waals surface area contributed by atoms with Gasteiger partial charge in [0.25, 0.3) is 0 Å². The van der Waals surface area contributed by atoms with E-state index in [1.807, 2.05) is 0 Å². The van der Waals surface area contributed by atoms with E-state index in [9.17, 15) is 0 Å². The maximum atomic E-state index is 2.50. The summed E-state index contributed by atoms with van der Waals surface area (Å²) >= 11 is 0. The Labute approximate surface area is 159 Å². The van der Waals surface area contributed by atoms with Crippen LogP contribution in [-0.2, 0) is 13.1 Å². The lowest BCUT2D eigenvalue weighted by molar-refractivity contribution is 0.168. The van der Waals surface area contributed by atoms with Crippen molar-refractivity contribution in [3.05, 3.63) is 71.8 Å². The van der Waals surface area contributed by atoms with Crippen molar-refractivity contribution >= 4 is 0 Å². The van der Waals surface area contributed by atoms with Gasteiger partial charge in [-0.1, -0.05) is 60.7 Å². The molecule has 0 spiro atoms. The standard InChI is InChI=1S/C24H34N2/c1-25(17-21-9-5-3-6-10-21)19-23-13-15-24(16-14-23)20-26(2)18-22-11-7-4-8-12-22/h3-12,23-24H,13-20H2,1-2H3. The van der Waals surface area contributed by atoms with Crippen LogP contribution in [0.5, 0.6) is 0 Å². The molecule has 2 heteroatoms. The smallest absolute Gasteiger partial charge is 0.0230 e. The summed E-state index contributed by atoms with van der Waals surface area (Å²) in [7, 11) is 4.54. The van der Waals surface area contributed by atoms with Crippen LogP contribution < -0.4 is 0 Å². The van der Waals surface area contributed by atoms with E-state index in [-0.39, 0.29) is 0 Å². The van der Waals surface area contributed by atoms with E-state index in [1.165, 1.54) is 49.9 Å². The molecule has 140 valence electrons. The molecule has 0 radical (unpaired) electrons. The Balaban J connectivity index is 1.36. The quantitative estimate of drug-likeness (QED) is 0.657. The zero-order chi connectivity index (χ0) is 18.2. The molecule has 26 heavy (non-hydrogen) atoms. The van der Waals surface area contributed by atoms with Gasteiger partial charge < -0.3 is 9.80 Å². The van der Waals surface area contributed by atoms with E-state index >= 15 is 0 Å². The molecule has 0 aliphatic heterocycles. The number of nitrogens with zero attached hydrogens (tertiary/aromatic N) is 2. The van der Waals surface area contributed by atoms with E-state index in [0.29, 0.717) is 0 Å². The highest BCUT2D eigenvalue weighted by atomic mass is 15.1. The van der Waals surface area contributed by atoms with Crippen LogP contribution in [0.1, 0.15) is 36.8 Å². The molecule has 2 aromatic rings. The lowest BCUT2D eigenvalue weighted by Gasteiger charge is -2.33. The zero-order valence-electron chi connectivity index (χ0n) is 16.5. The fourth-order valence-electron chi connectivity index (χ4n) is 4.40. The lowest BCUT2D eigenvalue weighted by Crippen LogP contribution is -2.32. The maximum absolute atomic E-state index is 2.50. The second kappa shape index (κ2) is 9.89. The molecule has 2 aromatic carbocycles. The van der Waals surface area contributed by atoms with Gasteiger partial charge in [0.2, 0.25) is 0 Å². The fourth-order valence-corrected chi connectivity index (χ4v) is 4.40. The fraction of sp³-hybridized carbons (Fsp3) is 0.500. The summed E-state index contributed by atoms with van der Waals surface area (Å²) in [6.45, 7) is 4.62. The van der Waals surface area contributed by atoms with Gasteiger partial charge in [-0.3, -0.25) is 0 Å². The molecule has 0 amide bonds. The van der Waals surface area contributed by atoms with Gasteiger partial charge >= 0.3 is 0 Å². The van der Waals surface area contributed by atoms with E-state index < -0.39 is 0 Å². The number of hydrogen-bond acceptors (Lipinski definition) is 2. The van der Waals surface area contributed by atoms with E-state index in [2.05, 4.69) is 84.6 Å². The first kappa shape index (κ1) is 19.1. The highest BCUT2D eigenvalue weighted by Crippen LogP contribution is 2.30. The second-order valence-corrected chi connectivity index (χ2v) is 8.25. The highest BCUT2D eigenvalue weighted by Gasteiger charge is 2.23. The van der Waals surface area contributed by atoms with Crippen LogP contribution in [0.2, 0.25) is 0 Å². The monoisotopic (exact) mass is 350 g/mol. The Morgan fingerprint density at radius 1 is 0.615 bits per heavy atom. The largest absolute Gasteiger partial charge is 0.302 e. The van der Waals surface area contributed by atoms with Crippen molar-refractivity contribution in [3.8, 4) is 0 Å². The summed E-state index contributed by atoms with van der Waals surface area (Å²) in [5.41, 5.74) is 2.84. The summed E-state index contributed by atoms with van der Waals surface area (Å²) in [5.74, 6) is 1.75. The first-order valence-electron chi connectivity index (χ1n) is 10.1. The third-order valence-electron chi connectivity index (χ3n) is 5.70. The molecule has 1 aliphatic rings. The van der Waals surface area contributed by atoms with E-state index in [1.54, 1.807) is 0 Å². The van der Waals surface area contributed by atoms with Crippen molar-refractivity contribution in [2.75, 3.05) is 27.2 Å². The van der Waals surface area contributed by atoms with Crippen LogP contribution in [0.15, 0.2) is 60.7 Å². The molecule has 1 aliphatic carbocycles. The molecule has 0 N–H and O–H groups in total. The number of benzene rings is 2. The topological polar surface area (TPSA) is 6.48 Å². The van der Waals surface area contributed by atoms with Gasteiger partial charge in [-0.25, -0.2) is 0 Å². The van der Waals surface area contributed by atoms with Crippen molar-refractivity contribution < 1.29 is 0 Å². The van der Waals surface area contributed by atoms with Gasteiger partial charge in [0.1, 0.15) is 0 Å². The number of hydrogen-bond donors (Lipinski definition) is 0. The van der Waals surface area contributed by atoms with Gasteiger partial charge in [-0.15, -0.1) is 0 Å². The van der Waals surface area contributed by atoms with Crippen LogP contribution in [0.25, 0.3) is 0 Å². The van der Waals surface area contributed by atoms with Crippen molar-refractivity contribution in [2.24, 2.45) is 11.8 Å². The Kier molecular flexibility index (Phi) is 7.28. The van der Waals surface area contributed by atoms with E-state index in [4.69, 9.17) is 0 Å². The van der Waals surface area contributed by atoms with E-state index in [0.717, 1.165) is 24.9 Å². The summed E-state index contributed by atoms with van der Waals surface area (Å²) < 4.78 is 0. The van der Waals surface area contributed by atoms with Crippen molar-refractivity contribution in [3.63, 3.8) is 0 Å². The Morgan fingerprint density at radius 2 is 0.962 bits per heavy atom. The first-order valence-corrected chi connectivity index (χ1v) is 10.1. The van der Waals surface area contributed by atoms with Crippen molar-refractivity contribution in [1.29, 1.82) is 0 Å². The van der Waals surface area contributed by atoms with Gasteiger partial charge in [-0.2, -0.15) is 0 Å². The maximum Gasteiger partial charge on any atom is 0.0230 e. The molecule has 0 heterocycles. The summed E-state index contributed by atoms with van der Waals surface area (Å²) in [6, 6.07) is 21.7. The Morgan fingerprint density at radius 3 is 1.31 bits per heavy atom. The second-order valence-electron chi connectivity index (χ2n) is 8.25. The van der Waals surface area contributed by atoms with Crippen LogP contribution in [0, 0.1) is 11.8 Å². The number of rotatable bonds is 8. The molecule has 1 fully saturated rings. The highest BCUT2D eigenvalue weighted by molar-refractivity contribution is 5.15. The molecular weight excluding hydrogens is 316 g/mol. The Hall–Kier alpha value is -1.64. The van der Waals surface area contributed by atoms with Crippen LogP contribution >= 0.6 is 0 Å². The minimum absolute atomic E-state index is 0.874. The average Bonchev–Trinajstić information content (AvgIpc) is 2.65. The lowest BCUT2D eigenvalue weighted by atomic mass is 9.81. The van der Waals surface area contributed by atoms with Crippen LogP contribution in [0.3, 0.4) is 0 Å². The van der Waals surface area contributed by atoms with Crippen LogP contribution in [-0.4, -0.2) is 37.0 Å². The molecule has 1 saturated carbocycles. The zero-order valence-corrected chi connectivity index (χ0v) is 16.5. The summed E-state index contributed by atoms with van der Waals surface area (Å²) in [4.78, 5) is 5.00. The normalized spacial score (nSPS) is 20.6. The SMILES string of the molecule is CN(Cc1ccccc1)CC1CCC(CN(C)Cc2ccccc2)CC1. The molecule has 0 aromatic heterocycles. The van der Waals surface area contributed by atoms with Crippen molar-refractivity contribution in [2.45, 2.75) is 38.8 Å².